The van der Waals surface area contributed by atoms with Crippen molar-refractivity contribution < 1.29 is 8.42 Å². The highest BCUT2D eigenvalue weighted by Crippen LogP contribution is 2.24. The molecule has 1 aromatic carbocycles. The number of aryl methyl sites for hydroxylation is 1. The average Bonchev–Trinajstić information content (AvgIpc) is 2.22. The lowest BCUT2D eigenvalue weighted by atomic mass is 10.00. The molecule has 17 heavy (non-hydrogen) atoms. The number of hydrogen-bond acceptors (Lipinski definition) is 4. The zero-order valence-electron chi connectivity index (χ0n) is 9.90. The van der Waals surface area contributed by atoms with Gasteiger partial charge in [-0.25, -0.2) is 8.42 Å². The predicted octanol–water partition coefficient (Wildman–Crippen LogP) is 1.70. The largest absolute Gasteiger partial charge is 0.271 e. The number of hydrazine groups is 1. The highest BCUT2D eigenvalue weighted by atomic mass is 79.9. The molecular weight excluding hydrogens is 304 g/mol. The molecule has 96 valence electrons. The number of benzene rings is 1. The van der Waals surface area contributed by atoms with Gasteiger partial charge in [-0.05, 0) is 36.6 Å². The molecule has 0 amide bonds. The predicted molar refractivity (Wildman–Crippen MR) is 73.3 cm³/mol. The first-order valence-corrected chi connectivity index (χ1v) is 8.09. The van der Waals surface area contributed by atoms with Crippen LogP contribution in [0, 0.1) is 6.92 Å². The van der Waals surface area contributed by atoms with E-state index in [0.717, 1.165) is 15.6 Å². The third-order valence-electron chi connectivity index (χ3n) is 2.60. The van der Waals surface area contributed by atoms with Crippen molar-refractivity contribution in [3.63, 3.8) is 0 Å². The van der Waals surface area contributed by atoms with E-state index >= 15 is 0 Å². The van der Waals surface area contributed by atoms with Gasteiger partial charge in [0.05, 0.1) is 5.75 Å². The third kappa shape index (κ3) is 4.75. The molecule has 1 aromatic rings. The van der Waals surface area contributed by atoms with Gasteiger partial charge in [0.25, 0.3) is 0 Å². The van der Waals surface area contributed by atoms with Crippen molar-refractivity contribution >= 4 is 25.8 Å². The van der Waals surface area contributed by atoms with Gasteiger partial charge in [0.1, 0.15) is 9.84 Å². The van der Waals surface area contributed by atoms with Crippen molar-refractivity contribution in [2.75, 3.05) is 12.0 Å². The van der Waals surface area contributed by atoms with Gasteiger partial charge in [-0.15, -0.1) is 0 Å². The van der Waals surface area contributed by atoms with Crippen LogP contribution in [0.15, 0.2) is 22.7 Å². The quantitative estimate of drug-likeness (QED) is 0.639. The smallest absolute Gasteiger partial charge is 0.147 e. The Hall–Kier alpha value is -0.430. The summed E-state index contributed by atoms with van der Waals surface area (Å²) < 4.78 is 23.3. The number of hydrogen-bond donors (Lipinski definition) is 2. The molecular formula is C11H17BrN2O2S. The lowest BCUT2D eigenvalue weighted by Gasteiger charge is -2.18. The second-order valence-electron chi connectivity index (χ2n) is 4.14. The van der Waals surface area contributed by atoms with Gasteiger partial charge in [-0.1, -0.05) is 22.0 Å². The van der Waals surface area contributed by atoms with Crippen molar-refractivity contribution in [1.82, 2.24) is 5.43 Å². The molecule has 0 heterocycles. The summed E-state index contributed by atoms with van der Waals surface area (Å²) in [7, 11) is -2.97. The van der Waals surface area contributed by atoms with Crippen molar-refractivity contribution in [2.45, 2.75) is 19.4 Å². The van der Waals surface area contributed by atoms with E-state index in [-0.39, 0.29) is 11.8 Å². The van der Waals surface area contributed by atoms with Gasteiger partial charge in [0.2, 0.25) is 0 Å². The van der Waals surface area contributed by atoms with E-state index in [1.54, 1.807) is 0 Å². The molecule has 0 aliphatic carbocycles. The summed E-state index contributed by atoms with van der Waals surface area (Å²) in [5, 5.41) is 0. The minimum atomic E-state index is -2.97. The second kappa shape index (κ2) is 5.95. The fourth-order valence-corrected chi connectivity index (χ4v) is 2.69. The van der Waals surface area contributed by atoms with E-state index in [4.69, 9.17) is 5.84 Å². The third-order valence-corrected chi connectivity index (χ3v) is 4.07. The van der Waals surface area contributed by atoms with Crippen LogP contribution in [0.1, 0.15) is 23.6 Å². The Balaban J connectivity index is 2.90. The molecule has 0 radical (unpaired) electrons. The Bertz CT molecular complexity index is 488. The molecule has 1 atom stereocenters. The Morgan fingerprint density at radius 3 is 2.65 bits per heavy atom. The zero-order valence-corrected chi connectivity index (χ0v) is 12.3. The van der Waals surface area contributed by atoms with Crippen molar-refractivity contribution in [2.24, 2.45) is 5.84 Å². The molecule has 0 spiro atoms. The Morgan fingerprint density at radius 2 is 2.12 bits per heavy atom. The Kier molecular flexibility index (Phi) is 5.12. The SMILES string of the molecule is Cc1ccc(Br)cc1C(CCS(C)(=O)=O)NN. The normalized spacial score (nSPS) is 13.6. The fraction of sp³-hybridized carbons (Fsp3) is 0.455. The first-order chi connectivity index (χ1) is 7.83. The molecule has 6 heteroatoms. The molecule has 0 fully saturated rings. The first kappa shape index (κ1) is 14.6. The average molecular weight is 321 g/mol. The van der Waals surface area contributed by atoms with Crippen molar-refractivity contribution in [3.05, 3.63) is 33.8 Å². The minimum absolute atomic E-state index is 0.119. The van der Waals surface area contributed by atoms with Gasteiger partial charge >= 0.3 is 0 Å². The Labute approximate surface area is 111 Å². The monoisotopic (exact) mass is 320 g/mol. The summed E-state index contributed by atoms with van der Waals surface area (Å²) in [5.74, 6) is 5.61. The van der Waals surface area contributed by atoms with Crippen LogP contribution in [0.4, 0.5) is 0 Å². The van der Waals surface area contributed by atoms with Crippen LogP contribution in [0.25, 0.3) is 0 Å². The molecule has 4 nitrogen and oxygen atoms in total. The van der Waals surface area contributed by atoms with Crippen LogP contribution in [0.3, 0.4) is 0 Å². The molecule has 1 unspecified atom stereocenters. The number of rotatable bonds is 5. The highest BCUT2D eigenvalue weighted by molar-refractivity contribution is 9.10. The number of halogens is 1. The van der Waals surface area contributed by atoms with E-state index in [1.165, 1.54) is 6.26 Å². The number of sulfone groups is 1. The van der Waals surface area contributed by atoms with Crippen LogP contribution >= 0.6 is 15.9 Å². The minimum Gasteiger partial charge on any atom is -0.271 e. The summed E-state index contributed by atoms with van der Waals surface area (Å²) in [4.78, 5) is 0. The molecule has 0 saturated carbocycles. The van der Waals surface area contributed by atoms with Crippen LogP contribution in [-0.2, 0) is 9.84 Å². The van der Waals surface area contributed by atoms with Gasteiger partial charge in [0, 0.05) is 16.8 Å². The molecule has 0 bridgehead atoms. The van der Waals surface area contributed by atoms with Crippen LogP contribution in [0.2, 0.25) is 0 Å². The topological polar surface area (TPSA) is 72.2 Å². The van der Waals surface area contributed by atoms with Crippen LogP contribution in [0.5, 0.6) is 0 Å². The van der Waals surface area contributed by atoms with Gasteiger partial charge in [-0.2, -0.15) is 0 Å². The summed E-state index contributed by atoms with van der Waals surface area (Å²) >= 11 is 3.40. The fourth-order valence-electron chi connectivity index (χ4n) is 1.65. The molecule has 0 saturated heterocycles. The van der Waals surface area contributed by atoms with Gasteiger partial charge in [0.15, 0.2) is 0 Å². The molecule has 0 aliphatic heterocycles. The van der Waals surface area contributed by atoms with E-state index in [1.807, 2.05) is 25.1 Å². The van der Waals surface area contributed by atoms with Crippen LogP contribution < -0.4 is 11.3 Å². The number of nitrogens with one attached hydrogen (secondary N) is 1. The van der Waals surface area contributed by atoms with Gasteiger partial charge in [-0.3, -0.25) is 11.3 Å². The zero-order chi connectivity index (χ0) is 13.1. The standard InChI is InChI=1S/C11H17BrN2O2S/c1-8-3-4-9(12)7-10(8)11(14-13)5-6-17(2,15)16/h3-4,7,11,14H,5-6,13H2,1-2H3. The van der Waals surface area contributed by atoms with Gasteiger partial charge < -0.3 is 0 Å². The van der Waals surface area contributed by atoms with E-state index in [0.29, 0.717) is 6.42 Å². The van der Waals surface area contributed by atoms with Crippen molar-refractivity contribution in [3.8, 4) is 0 Å². The van der Waals surface area contributed by atoms with E-state index < -0.39 is 9.84 Å². The maximum absolute atomic E-state index is 11.2. The lowest BCUT2D eigenvalue weighted by molar-refractivity contribution is 0.529. The number of nitrogens with two attached hydrogens (primary N) is 1. The summed E-state index contributed by atoms with van der Waals surface area (Å²) in [6.07, 6.45) is 1.70. The maximum Gasteiger partial charge on any atom is 0.147 e. The summed E-state index contributed by atoms with van der Waals surface area (Å²) in [6, 6.07) is 5.73. The molecule has 0 aromatic heterocycles. The van der Waals surface area contributed by atoms with Crippen molar-refractivity contribution in [1.29, 1.82) is 0 Å². The molecule has 1 rings (SSSR count). The highest BCUT2D eigenvalue weighted by Gasteiger charge is 2.15. The first-order valence-electron chi connectivity index (χ1n) is 5.23. The van der Waals surface area contributed by atoms with E-state index in [9.17, 15) is 8.42 Å². The maximum atomic E-state index is 11.2. The lowest BCUT2D eigenvalue weighted by Crippen LogP contribution is -2.30. The van der Waals surface area contributed by atoms with E-state index in [2.05, 4.69) is 21.4 Å². The van der Waals surface area contributed by atoms with Crippen LogP contribution in [-0.4, -0.2) is 20.4 Å². The summed E-state index contributed by atoms with van der Waals surface area (Å²) in [5.41, 5.74) is 4.78. The summed E-state index contributed by atoms with van der Waals surface area (Å²) in [6.45, 7) is 1.98. The Morgan fingerprint density at radius 1 is 1.47 bits per heavy atom. The second-order valence-corrected chi connectivity index (χ2v) is 7.31. The molecule has 0 aliphatic rings. The molecule has 3 N–H and O–H groups in total.